The van der Waals surface area contributed by atoms with E-state index in [0.29, 0.717) is 96.7 Å². The monoisotopic (exact) mass is 1530 g/mol. The molecule has 36 heteroatoms. The van der Waals surface area contributed by atoms with Crippen LogP contribution < -0.4 is 76.8 Å². The van der Waals surface area contributed by atoms with Gasteiger partial charge in [0.05, 0.1) is 80.0 Å². The Balaban J connectivity index is 0.000000176. The van der Waals surface area contributed by atoms with Gasteiger partial charge in [0.2, 0.25) is 47.3 Å². The highest BCUT2D eigenvalue weighted by molar-refractivity contribution is 6.11. The standard InChI is InChI=1S/C26H33FN6O6.C24H29FN6O5.C24H30N6O5/c1-3-15(2)22(31-21(34)14-38-10-8-27)25(36)30-18-13-39-20-6-4-5-16-11-19(33(23(16)20)26(18)37)24(35)28-12-17-7-9-29-32-17;1-3-13(2)20(29-19(32)10-25)23(34)28-16-12-36-18-6-4-5-14-9-17(31(21(14)18)24(16)35)22(33)26-11-15-7-8-27-30-15;1-4-13(2)20(27-14(3)31)23(33)28-17-12-35-19-7-5-6-15-10-18(30(21(15)19)24(17)34)22(32)25-11-16-8-9-26-29-16/h4-7,15,18-19,22H,3,8-14H2,1-2H3,(H,28,35)(H,30,36)(H,31,34);4-7,13,16-17,20H,3,8-12H2,1-2H3,(H,26,33)(H,28,34)(H,29,32);5-8,13,17-18,20H,4,9-12H2,1-3H3,(H,25,32)(H,27,31)(H,28,33)/t15-,18-,19-,22-;13-,16-,17-,20-;13-,17-,18-,20-/m000/s1. The van der Waals surface area contributed by atoms with Crippen LogP contribution in [-0.4, -0.2) is 211 Å². The maximum absolute atomic E-state index is 13.8. The number of alkyl halides is 2. The Morgan fingerprint density at radius 2 is 0.818 bits per heavy atom. The van der Waals surface area contributed by atoms with E-state index in [1.54, 1.807) is 56.3 Å². The highest BCUT2D eigenvalue weighted by atomic mass is 19.1. The van der Waals surface area contributed by atoms with Crippen molar-refractivity contribution in [3.8, 4) is 17.2 Å². The Morgan fingerprint density at radius 3 is 1.11 bits per heavy atom. The summed E-state index contributed by atoms with van der Waals surface area (Å²) in [5.41, 5.74) is 5.89. The molecule has 0 bridgehead atoms. The van der Waals surface area contributed by atoms with Gasteiger partial charge >= 0.3 is 0 Å². The third-order valence-electron chi connectivity index (χ3n) is 20.0. The predicted molar refractivity (Wildman–Crippen MR) is 392 cm³/mol. The summed E-state index contributed by atoms with van der Waals surface area (Å²) in [6, 6.07) is 7.56. The smallest absolute Gasteiger partial charge is 0.253 e. The van der Waals surface area contributed by atoms with Crippen LogP contribution in [0.25, 0.3) is 0 Å². The van der Waals surface area contributed by atoms with Crippen molar-refractivity contribution in [1.29, 1.82) is 0 Å². The Labute approximate surface area is 632 Å². The number of carbonyl (C=O) groups excluding carboxylic acids is 12. The van der Waals surface area contributed by atoms with E-state index in [9.17, 15) is 66.3 Å². The molecule has 0 radical (unpaired) electrons. The molecule has 9 heterocycles. The van der Waals surface area contributed by atoms with E-state index >= 15 is 0 Å². The molecule has 0 unspecified atom stereocenters. The Hall–Kier alpha value is -11.5. The molecular weight excluding hydrogens is 1430 g/mol. The van der Waals surface area contributed by atoms with Gasteiger partial charge in [0.15, 0.2) is 6.67 Å². The van der Waals surface area contributed by atoms with Gasteiger partial charge in [-0.05, 0) is 70.9 Å². The van der Waals surface area contributed by atoms with Gasteiger partial charge in [-0.3, -0.25) is 72.2 Å². The molecule has 588 valence electrons. The van der Waals surface area contributed by atoms with Crippen molar-refractivity contribution in [2.45, 2.75) is 141 Å². The number of ether oxygens (including phenoxy) is 4. The topological polar surface area (TPSA) is 434 Å². The van der Waals surface area contributed by atoms with Gasteiger partial charge in [0.25, 0.3) is 23.6 Å². The summed E-state index contributed by atoms with van der Waals surface area (Å²) >= 11 is 0. The zero-order valence-corrected chi connectivity index (χ0v) is 62.1. The summed E-state index contributed by atoms with van der Waals surface area (Å²) in [5.74, 6) is -5.35. The minimum absolute atomic E-state index is 0.0908. The van der Waals surface area contributed by atoms with Crippen LogP contribution in [0.5, 0.6) is 17.2 Å². The fourth-order valence-electron chi connectivity index (χ4n) is 13.6. The number of carbonyl (C=O) groups is 12. The summed E-state index contributed by atoms with van der Waals surface area (Å²) in [7, 11) is 0. The van der Waals surface area contributed by atoms with Crippen LogP contribution in [0.4, 0.5) is 25.8 Å². The maximum atomic E-state index is 13.8. The molecule has 0 spiro atoms. The molecule has 12 atom stereocenters. The summed E-state index contributed by atoms with van der Waals surface area (Å²) in [5, 5.41) is 47.7. The van der Waals surface area contributed by atoms with E-state index < -0.39 is 122 Å². The third kappa shape index (κ3) is 19.1. The van der Waals surface area contributed by atoms with Crippen LogP contribution in [0.15, 0.2) is 121 Å². The van der Waals surface area contributed by atoms with Crippen molar-refractivity contribution in [3.63, 3.8) is 0 Å². The lowest BCUT2D eigenvalue weighted by Crippen LogP contribution is -2.59. The van der Waals surface area contributed by atoms with E-state index in [-0.39, 0.29) is 100 Å². The van der Waals surface area contributed by atoms with Gasteiger partial charge in [-0.2, -0.15) is 30.7 Å². The molecule has 3 aromatic carbocycles. The average Bonchev–Trinajstić information content (AvgIpc) is 1.62. The molecule has 9 aliphatic rings. The second-order valence-electron chi connectivity index (χ2n) is 27.5. The van der Waals surface area contributed by atoms with Crippen molar-refractivity contribution in [2.24, 2.45) is 48.4 Å². The van der Waals surface area contributed by atoms with E-state index in [0.717, 1.165) is 16.7 Å². The van der Waals surface area contributed by atoms with Crippen molar-refractivity contribution >= 4 is 87.9 Å². The van der Waals surface area contributed by atoms with Crippen LogP contribution in [0.2, 0.25) is 0 Å². The molecule has 0 saturated heterocycles. The van der Waals surface area contributed by atoms with Gasteiger partial charge in [0, 0.05) is 26.2 Å². The van der Waals surface area contributed by atoms with Crippen LogP contribution in [0, 0.1) is 17.8 Å². The molecule has 0 aromatic heterocycles. The average molecular weight is 1530 g/mol. The molecule has 12 amide bonds. The number of azo groups is 3. The Kier molecular flexibility index (Phi) is 27.7. The first-order chi connectivity index (χ1) is 53.0. The molecule has 3 aromatic rings. The number of nitrogens with zero attached hydrogens (tertiary/aromatic N) is 9. The lowest BCUT2D eigenvalue weighted by molar-refractivity contribution is -0.134. The van der Waals surface area contributed by atoms with Crippen LogP contribution in [0.3, 0.4) is 0 Å². The predicted octanol–water partition coefficient (Wildman–Crippen LogP) is 2.43. The molecular formula is C74H92F2N18O16. The second-order valence-corrected chi connectivity index (χ2v) is 27.5. The molecule has 0 aliphatic carbocycles. The van der Waals surface area contributed by atoms with E-state index in [2.05, 4.69) is 78.5 Å². The highest BCUT2D eigenvalue weighted by Crippen LogP contribution is 2.45. The molecule has 12 rings (SSSR count). The largest absolute Gasteiger partial charge is 0.489 e. The molecule has 0 fully saturated rings. The lowest BCUT2D eigenvalue weighted by atomic mass is 9.98. The van der Waals surface area contributed by atoms with Gasteiger partial charge in [0.1, 0.15) is 105 Å². The highest BCUT2D eigenvalue weighted by Gasteiger charge is 2.49. The first-order valence-electron chi connectivity index (χ1n) is 36.7. The Bertz CT molecular complexity index is 4230. The Morgan fingerprint density at radius 1 is 0.491 bits per heavy atom. The zero-order chi connectivity index (χ0) is 78.9. The molecule has 9 N–H and O–H groups in total. The first kappa shape index (κ1) is 81.1. The van der Waals surface area contributed by atoms with E-state index in [1.165, 1.54) is 21.6 Å². The molecule has 9 aliphatic heterocycles. The van der Waals surface area contributed by atoms with E-state index in [4.69, 9.17) is 18.9 Å². The minimum Gasteiger partial charge on any atom is -0.489 e. The number of para-hydroxylation sites is 3. The number of anilines is 3. The van der Waals surface area contributed by atoms with Crippen LogP contribution in [0.1, 0.15) is 84.4 Å². The van der Waals surface area contributed by atoms with E-state index in [1.807, 2.05) is 58.0 Å². The summed E-state index contributed by atoms with van der Waals surface area (Å²) in [6.07, 6.45) is 8.09. The van der Waals surface area contributed by atoms with Crippen molar-refractivity contribution < 1.29 is 85.3 Å². The zero-order valence-electron chi connectivity index (χ0n) is 62.1. The fraction of sp³-hybridized carbons (Fsp3) is 0.514. The summed E-state index contributed by atoms with van der Waals surface area (Å²) in [6.45, 7) is 11.4. The molecule has 0 saturated carbocycles. The van der Waals surface area contributed by atoms with Gasteiger partial charge in [-0.15, -0.1) is 0 Å². The van der Waals surface area contributed by atoms with Crippen molar-refractivity contribution in [2.75, 3.05) is 100 Å². The fourth-order valence-corrected chi connectivity index (χ4v) is 13.6. The van der Waals surface area contributed by atoms with Crippen LogP contribution >= 0.6 is 0 Å². The number of benzene rings is 3. The third-order valence-corrected chi connectivity index (χ3v) is 20.0. The first-order valence-corrected chi connectivity index (χ1v) is 36.7. The normalized spacial score (nSPS) is 21.4. The number of hydrogen-bond acceptors (Lipinski definition) is 22. The quantitative estimate of drug-likeness (QED) is 0.0451. The van der Waals surface area contributed by atoms with Crippen molar-refractivity contribution in [1.82, 2.24) is 47.9 Å². The van der Waals surface area contributed by atoms with Crippen molar-refractivity contribution in [3.05, 3.63) is 107 Å². The summed E-state index contributed by atoms with van der Waals surface area (Å²) in [4.78, 5) is 160. The number of nitrogens with one attached hydrogen (secondary N) is 9. The van der Waals surface area contributed by atoms with Gasteiger partial charge < -0.3 is 66.8 Å². The molecule has 34 nitrogen and oxygen atoms in total. The number of halogens is 2. The van der Waals surface area contributed by atoms with Gasteiger partial charge in [-0.1, -0.05) is 97.2 Å². The number of rotatable bonds is 29. The minimum atomic E-state index is -1.26. The summed E-state index contributed by atoms with van der Waals surface area (Å²) < 4.78 is 47.7. The SMILES string of the molecule is CC[C@H](C)[C@H](NC(=O)CF)C(=O)N[C@H]1COc2cccc3c2N(C1=O)[C@H](C(=O)NCC1=CCN=N1)C3.CC[C@H](C)[C@H](NC(=O)COCCF)C(=O)N[C@H]1COc2cccc3c2N(C1=O)[C@H](C(=O)NCC1=CCN=N1)C3.CC[C@H](C)[C@H](NC(C)=O)C(=O)N[C@H]1COc2cccc3c2N(C1=O)[C@H](C(=O)NCC1=CCN=N1)C3. The second kappa shape index (κ2) is 37.6. The molecule has 110 heavy (non-hydrogen) atoms. The maximum Gasteiger partial charge on any atom is 0.253 e. The van der Waals surface area contributed by atoms with Gasteiger partial charge in [-0.25, -0.2) is 8.78 Å². The number of amides is 12. The van der Waals surface area contributed by atoms with Crippen LogP contribution in [-0.2, 0) is 81.5 Å². The number of hydrogen-bond donors (Lipinski definition) is 9. The lowest BCUT2D eigenvalue weighted by Gasteiger charge is -2.29.